The van der Waals surface area contributed by atoms with Gasteiger partial charge in [0.15, 0.2) is 11.7 Å². The van der Waals surface area contributed by atoms with Crippen molar-refractivity contribution in [3.05, 3.63) is 124 Å². The molecule has 6 aromatic rings. The van der Waals surface area contributed by atoms with Gasteiger partial charge in [0, 0.05) is 100 Å². The Hall–Kier alpha value is -7.33. The summed E-state index contributed by atoms with van der Waals surface area (Å²) in [6, 6.07) is 28.1. The number of H-pyrrole nitrogens is 1. The summed E-state index contributed by atoms with van der Waals surface area (Å²) in [4.78, 5) is 49.3. The number of anilines is 2. The van der Waals surface area contributed by atoms with Crippen molar-refractivity contribution in [2.45, 2.75) is 76.7 Å². The molecule has 0 unspecified atom stereocenters. The van der Waals surface area contributed by atoms with Gasteiger partial charge in [-0.25, -0.2) is 18.9 Å². The highest BCUT2D eigenvalue weighted by Gasteiger charge is 2.37. The van der Waals surface area contributed by atoms with Crippen LogP contribution in [0.5, 0.6) is 17.5 Å². The molecule has 0 radical (unpaired) electrons. The van der Waals surface area contributed by atoms with E-state index in [2.05, 4.69) is 96.9 Å². The van der Waals surface area contributed by atoms with E-state index in [0.717, 1.165) is 87.0 Å². The topological polar surface area (TPSA) is 186 Å². The van der Waals surface area contributed by atoms with Gasteiger partial charge in [-0.3, -0.25) is 19.5 Å². The summed E-state index contributed by atoms with van der Waals surface area (Å²) in [7, 11) is 2.19. The summed E-state index contributed by atoms with van der Waals surface area (Å²) in [5, 5.41) is 39.9. The van der Waals surface area contributed by atoms with Gasteiger partial charge < -0.3 is 29.6 Å². The number of halogens is 1. The molecule has 0 spiro atoms. The number of nitrogens with one attached hydrogen (secondary N) is 1. The van der Waals surface area contributed by atoms with E-state index in [-0.39, 0.29) is 42.2 Å². The molecular formula is C55H63FN12O5. The first-order valence-corrected chi connectivity index (χ1v) is 25.4. The number of piperazine rings is 2. The highest BCUT2D eigenvalue weighted by molar-refractivity contribution is 5.94. The van der Waals surface area contributed by atoms with Crippen LogP contribution in [-0.4, -0.2) is 151 Å². The number of carbonyl (C=O) groups is 1. The van der Waals surface area contributed by atoms with Gasteiger partial charge in [-0.1, -0.05) is 69.0 Å². The molecule has 380 valence electrons. The number of benzene rings is 4. The van der Waals surface area contributed by atoms with Crippen molar-refractivity contribution in [2.24, 2.45) is 0 Å². The van der Waals surface area contributed by atoms with Gasteiger partial charge in [0.05, 0.1) is 42.0 Å². The van der Waals surface area contributed by atoms with Crippen molar-refractivity contribution in [3.8, 4) is 40.7 Å². The van der Waals surface area contributed by atoms with Gasteiger partial charge in [0.2, 0.25) is 0 Å². The summed E-state index contributed by atoms with van der Waals surface area (Å²) in [5.41, 5.74) is 5.38. The second-order valence-corrected chi connectivity index (χ2v) is 20.2. The van der Waals surface area contributed by atoms with Crippen LogP contribution in [0.4, 0.5) is 15.9 Å². The molecule has 73 heavy (non-hydrogen) atoms. The average Bonchev–Trinajstić information content (AvgIpc) is 3.95. The van der Waals surface area contributed by atoms with Crippen LogP contribution in [-0.2, 0) is 24.3 Å². The van der Waals surface area contributed by atoms with Crippen LogP contribution in [0.25, 0.3) is 27.8 Å². The number of aromatic nitrogens is 5. The lowest BCUT2D eigenvalue weighted by Gasteiger charge is -2.42. The van der Waals surface area contributed by atoms with Crippen LogP contribution >= 0.6 is 0 Å². The Morgan fingerprint density at radius 3 is 2.42 bits per heavy atom. The Balaban J connectivity index is 0.769. The van der Waals surface area contributed by atoms with Gasteiger partial charge >= 0.3 is 11.7 Å². The standard InChI is InChI=1S/C55H63FN12O5/c1-35(2)45-28-46(50(70)29-49(45)69)52-60-61-55(72)68(52)39-14-12-37(13-15-39)30-63-22-24-64(25-23-63)31-40-16-17-42(62(40)4)34-73-54-58-47-33-65(48-11-7-9-38-8-5-6-10-43(38)48)21-19-44(47)51(59-54)66-26-27-67(53(71)36(3)56)41(32-66)18-20-57/h5-15,28-29,35,40-42,69-70H,3,16-19,21-27,30-34H2,1-2,4H3,(H,61,72)/t40-,41+,42+/m1/s1. The maximum absolute atomic E-state index is 14.1. The van der Waals surface area contributed by atoms with Gasteiger partial charge in [-0.05, 0) is 73.0 Å². The summed E-state index contributed by atoms with van der Waals surface area (Å²) >= 11 is 0. The van der Waals surface area contributed by atoms with E-state index in [1.807, 2.05) is 38.1 Å². The largest absolute Gasteiger partial charge is 0.508 e. The van der Waals surface area contributed by atoms with Crippen LogP contribution in [0.15, 0.2) is 96.1 Å². The number of phenols is 2. The zero-order valence-corrected chi connectivity index (χ0v) is 41.8. The number of aromatic hydroxyl groups is 2. The maximum atomic E-state index is 14.1. The number of phenolic OH excluding ortho intramolecular Hbond substituents is 2. The Bertz CT molecular complexity index is 3100. The van der Waals surface area contributed by atoms with Crippen molar-refractivity contribution < 1.29 is 24.1 Å². The zero-order chi connectivity index (χ0) is 50.9. The van der Waals surface area contributed by atoms with E-state index in [1.165, 1.54) is 26.3 Å². The zero-order valence-electron chi connectivity index (χ0n) is 41.8. The van der Waals surface area contributed by atoms with Crippen LogP contribution in [0.3, 0.4) is 0 Å². The first-order chi connectivity index (χ1) is 35.3. The molecule has 4 aliphatic heterocycles. The SMILES string of the molecule is C=C(F)C(=O)N1CCN(c2nc(OC[C@@H]3CC[C@H](CN4CCN(Cc5ccc(-n6c(-c7cc(C(C)C)c(O)cc7O)n[nH]c6=O)cc5)CC4)N3C)nc3c2CCN(c2cccc4ccccc24)C3)C[C@@H]1CC#N. The molecule has 0 saturated carbocycles. The maximum Gasteiger partial charge on any atom is 0.348 e. The van der Waals surface area contributed by atoms with Crippen LogP contribution < -0.4 is 20.2 Å². The molecule has 2 aromatic heterocycles. The number of ether oxygens (including phenoxy) is 1. The van der Waals surface area contributed by atoms with E-state index in [0.29, 0.717) is 61.5 Å². The van der Waals surface area contributed by atoms with E-state index in [1.54, 1.807) is 6.07 Å². The third kappa shape index (κ3) is 10.2. The summed E-state index contributed by atoms with van der Waals surface area (Å²) in [6.07, 6.45) is 2.78. The second kappa shape index (κ2) is 21.0. The predicted octanol–water partition coefficient (Wildman–Crippen LogP) is 6.34. The molecule has 10 rings (SSSR count). The fourth-order valence-electron chi connectivity index (χ4n) is 11.2. The quantitative estimate of drug-likeness (QED) is 0.103. The Labute approximate surface area is 424 Å². The summed E-state index contributed by atoms with van der Waals surface area (Å²) in [5.74, 6) is -0.968. The van der Waals surface area contributed by atoms with Crippen molar-refractivity contribution in [2.75, 3.05) is 82.4 Å². The highest BCUT2D eigenvalue weighted by Crippen LogP contribution is 2.38. The molecule has 6 heterocycles. The van der Waals surface area contributed by atoms with E-state index >= 15 is 0 Å². The van der Waals surface area contributed by atoms with Gasteiger partial charge in [0.1, 0.15) is 23.9 Å². The molecule has 3 saturated heterocycles. The third-order valence-electron chi connectivity index (χ3n) is 15.3. The molecule has 0 aliphatic carbocycles. The Morgan fingerprint density at radius 2 is 1.66 bits per heavy atom. The molecule has 18 heteroatoms. The number of nitrogens with zero attached hydrogens (tertiary/aromatic N) is 11. The highest BCUT2D eigenvalue weighted by atomic mass is 19.1. The van der Waals surface area contributed by atoms with Crippen molar-refractivity contribution in [3.63, 3.8) is 0 Å². The molecule has 3 N–H and O–H groups in total. The normalized spacial score (nSPS) is 19.9. The van der Waals surface area contributed by atoms with Crippen molar-refractivity contribution in [1.29, 1.82) is 5.26 Å². The fraction of sp³-hybridized carbons (Fsp3) is 0.418. The minimum absolute atomic E-state index is 0.00201. The third-order valence-corrected chi connectivity index (χ3v) is 15.3. The van der Waals surface area contributed by atoms with Gasteiger partial charge in [-0.2, -0.15) is 20.3 Å². The Kier molecular flexibility index (Phi) is 14.2. The second-order valence-electron chi connectivity index (χ2n) is 20.2. The van der Waals surface area contributed by atoms with E-state index < -0.39 is 23.5 Å². The molecule has 4 aromatic carbocycles. The van der Waals surface area contributed by atoms with Crippen molar-refractivity contribution >= 4 is 28.2 Å². The molecule has 3 atom stereocenters. The lowest BCUT2D eigenvalue weighted by molar-refractivity contribution is -0.131. The van der Waals surface area contributed by atoms with E-state index in [9.17, 15) is 29.5 Å². The minimum Gasteiger partial charge on any atom is -0.508 e. The number of hydrogen-bond donors (Lipinski definition) is 3. The average molecular weight is 991 g/mol. The lowest BCUT2D eigenvalue weighted by atomic mass is 9.98. The lowest BCUT2D eigenvalue weighted by Crippen LogP contribution is -2.55. The number of hydrogen-bond acceptors (Lipinski definition) is 14. The predicted molar refractivity (Wildman–Crippen MR) is 278 cm³/mol. The molecule has 17 nitrogen and oxygen atoms in total. The number of fused-ring (bicyclic) bond motifs is 2. The summed E-state index contributed by atoms with van der Waals surface area (Å²) < 4.78 is 22.1. The number of likely N-dealkylation sites (tertiary alicyclic amines) is 1. The molecule has 3 fully saturated rings. The van der Waals surface area contributed by atoms with Gasteiger partial charge in [-0.15, -0.1) is 0 Å². The minimum atomic E-state index is -1.03. The molecule has 1 amide bonds. The number of carbonyl (C=O) groups excluding carboxylic acids is 1. The van der Waals surface area contributed by atoms with Crippen LogP contribution in [0, 0.1) is 11.3 Å². The first kappa shape index (κ1) is 49.3. The number of aromatic amines is 1. The monoisotopic (exact) mass is 991 g/mol. The smallest absolute Gasteiger partial charge is 0.348 e. The Morgan fingerprint density at radius 1 is 0.904 bits per heavy atom. The molecule has 0 bridgehead atoms. The van der Waals surface area contributed by atoms with Crippen LogP contribution in [0.1, 0.15) is 61.4 Å². The number of amides is 1. The molecular weight excluding hydrogens is 928 g/mol. The van der Waals surface area contributed by atoms with Crippen molar-refractivity contribution in [1.82, 2.24) is 44.3 Å². The number of rotatable bonds is 14. The number of likely N-dealkylation sites (N-methyl/N-ethyl adjacent to an activating group) is 1. The van der Waals surface area contributed by atoms with Crippen LogP contribution in [0.2, 0.25) is 0 Å². The fourth-order valence-corrected chi connectivity index (χ4v) is 11.2. The van der Waals surface area contributed by atoms with E-state index in [4.69, 9.17) is 14.7 Å². The van der Waals surface area contributed by atoms with Gasteiger partial charge in [0.25, 0.3) is 5.91 Å². The summed E-state index contributed by atoms with van der Waals surface area (Å²) in [6.45, 7) is 15.3. The molecule has 4 aliphatic rings. The number of nitriles is 1. The first-order valence-electron chi connectivity index (χ1n) is 25.4.